The van der Waals surface area contributed by atoms with Crippen molar-refractivity contribution >= 4 is 11.7 Å². The van der Waals surface area contributed by atoms with Crippen LogP contribution >= 0.6 is 0 Å². The average Bonchev–Trinajstić information content (AvgIpc) is 3.14. The molecular formula is C19H25N5O3. The molecule has 144 valence electrons. The fourth-order valence-electron chi connectivity index (χ4n) is 3.67. The summed E-state index contributed by atoms with van der Waals surface area (Å²) in [5.41, 5.74) is 1.70. The first-order valence-electron chi connectivity index (χ1n) is 9.51. The van der Waals surface area contributed by atoms with E-state index in [1.54, 1.807) is 6.07 Å². The van der Waals surface area contributed by atoms with E-state index in [0.29, 0.717) is 18.8 Å². The van der Waals surface area contributed by atoms with Crippen LogP contribution in [0.3, 0.4) is 0 Å². The molecule has 0 unspecified atom stereocenters. The highest BCUT2D eigenvalue weighted by atomic mass is 16.5. The Labute approximate surface area is 158 Å². The maximum atomic E-state index is 12.5. The van der Waals surface area contributed by atoms with E-state index < -0.39 is 0 Å². The van der Waals surface area contributed by atoms with Crippen molar-refractivity contribution < 1.29 is 14.1 Å². The summed E-state index contributed by atoms with van der Waals surface area (Å²) in [4.78, 5) is 26.1. The molecule has 2 aromatic heterocycles. The van der Waals surface area contributed by atoms with E-state index >= 15 is 0 Å². The van der Waals surface area contributed by atoms with Crippen molar-refractivity contribution in [2.45, 2.75) is 32.6 Å². The normalized spacial score (nSPS) is 18.7. The number of hydrogen-bond donors (Lipinski definition) is 0. The summed E-state index contributed by atoms with van der Waals surface area (Å²) in [5.74, 6) is 2.36. The number of ether oxygens (including phenoxy) is 1. The second-order valence-corrected chi connectivity index (χ2v) is 7.22. The second-order valence-electron chi connectivity index (χ2n) is 7.22. The van der Waals surface area contributed by atoms with E-state index in [2.05, 4.69) is 15.0 Å². The van der Waals surface area contributed by atoms with Crippen molar-refractivity contribution in [3.05, 3.63) is 35.1 Å². The maximum absolute atomic E-state index is 12.5. The molecule has 8 heteroatoms. The standard InChI is InChI=1S/C19H25N5O3/c1-13-12-17(23-7-9-26-10-8-23)21-18(20-13)15-3-5-24(6-4-15)19(25)16-11-14(2)22-27-16/h11-12,15H,3-10H2,1-2H3. The summed E-state index contributed by atoms with van der Waals surface area (Å²) in [7, 11) is 0. The number of nitrogens with zero attached hydrogens (tertiary/aromatic N) is 5. The second kappa shape index (κ2) is 7.64. The van der Waals surface area contributed by atoms with Crippen LogP contribution in [0.5, 0.6) is 0 Å². The minimum absolute atomic E-state index is 0.0896. The minimum Gasteiger partial charge on any atom is -0.378 e. The molecule has 2 aromatic rings. The molecule has 0 radical (unpaired) electrons. The first kappa shape index (κ1) is 17.9. The number of morpholine rings is 1. The van der Waals surface area contributed by atoms with Crippen LogP contribution in [0.15, 0.2) is 16.7 Å². The van der Waals surface area contributed by atoms with Gasteiger partial charge in [-0.25, -0.2) is 9.97 Å². The van der Waals surface area contributed by atoms with Gasteiger partial charge in [-0.05, 0) is 26.7 Å². The van der Waals surface area contributed by atoms with Crippen molar-refractivity contribution in [2.24, 2.45) is 0 Å². The summed E-state index contributed by atoms with van der Waals surface area (Å²) in [6.07, 6.45) is 1.70. The van der Waals surface area contributed by atoms with Gasteiger partial charge in [0, 0.05) is 49.9 Å². The Hall–Kier alpha value is -2.48. The molecule has 4 rings (SSSR count). The SMILES string of the molecule is Cc1cc(C(=O)N2CCC(c3nc(C)cc(N4CCOCC4)n3)CC2)on1. The van der Waals surface area contributed by atoms with Crippen molar-refractivity contribution in [3.8, 4) is 0 Å². The van der Waals surface area contributed by atoms with Crippen molar-refractivity contribution in [2.75, 3.05) is 44.3 Å². The first-order valence-corrected chi connectivity index (χ1v) is 9.51. The molecule has 0 saturated carbocycles. The number of amides is 1. The Morgan fingerprint density at radius 1 is 1.04 bits per heavy atom. The molecule has 0 spiro atoms. The Morgan fingerprint density at radius 2 is 1.78 bits per heavy atom. The lowest BCUT2D eigenvalue weighted by molar-refractivity contribution is 0.0669. The van der Waals surface area contributed by atoms with Crippen molar-refractivity contribution in [3.63, 3.8) is 0 Å². The number of carbonyl (C=O) groups is 1. The maximum Gasteiger partial charge on any atom is 0.292 e. The fourth-order valence-corrected chi connectivity index (χ4v) is 3.67. The third-order valence-electron chi connectivity index (χ3n) is 5.18. The van der Waals surface area contributed by atoms with E-state index in [-0.39, 0.29) is 11.8 Å². The van der Waals surface area contributed by atoms with Crippen LogP contribution in [-0.2, 0) is 4.74 Å². The summed E-state index contributed by atoms with van der Waals surface area (Å²) in [6, 6.07) is 3.73. The molecule has 2 fully saturated rings. The predicted octanol–water partition coefficient (Wildman–Crippen LogP) is 1.94. The van der Waals surface area contributed by atoms with Gasteiger partial charge >= 0.3 is 0 Å². The van der Waals surface area contributed by atoms with E-state index in [0.717, 1.165) is 62.2 Å². The number of carbonyl (C=O) groups excluding carboxylic acids is 1. The minimum atomic E-state index is -0.0896. The van der Waals surface area contributed by atoms with Gasteiger partial charge in [-0.1, -0.05) is 5.16 Å². The van der Waals surface area contributed by atoms with Crippen molar-refractivity contribution in [1.29, 1.82) is 0 Å². The quantitative estimate of drug-likeness (QED) is 0.815. The number of piperidine rings is 1. The summed E-state index contributed by atoms with van der Waals surface area (Å²) in [5, 5.41) is 3.80. The average molecular weight is 371 g/mol. The van der Waals surface area contributed by atoms with Gasteiger partial charge in [-0.15, -0.1) is 0 Å². The molecule has 0 bridgehead atoms. The van der Waals surface area contributed by atoms with Crippen LogP contribution in [0.4, 0.5) is 5.82 Å². The van der Waals surface area contributed by atoms with E-state index in [9.17, 15) is 4.79 Å². The van der Waals surface area contributed by atoms with Gasteiger partial charge < -0.3 is 19.1 Å². The molecule has 2 aliphatic rings. The zero-order chi connectivity index (χ0) is 18.8. The lowest BCUT2D eigenvalue weighted by Gasteiger charge is -2.32. The summed E-state index contributed by atoms with van der Waals surface area (Å²) in [6.45, 7) is 8.37. The summed E-state index contributed by atoms with van der Waals surface area (Å²) >= 11 is 0. The number of aryl methyl sites for hydroxylation is 2. The van der Waals surface area contributed by atoms with Crippen molar-refractivity contribution in [1.82, 2.24) is 20.0 Å². The van der Waals surface area contributed by atoms with Crippen LogP contribution in [0, 0.1) is 13.8 Å². The molecule has 0 N–H and O–H groups in total. The first-order chi connectivity index (χ1) is 13.1. The number of rotatable bonds is 3. The van der Waals surface area contributed by atoms with Gasteiger partial charge in [-0.3, -0.25) is 4.79 Å². The predicted molar refractivity (Wildman–Crippen MR) is 98.9 cm³/mol. The Morgan fingerprint density at radius 3 is 2.44 bits per heavy atom. The molecule has 27 heavy (non-hydrogen) atoms. The summed E-state index contributed by atoms with van der Waals surface area (Å²) < 4.78 is 10.5. The number of hydrogen-bond acceptors (Lipinski definition) is 7. The van der Waals surface area contributed by atoms with E-state index in [4.69, 9.17) is 14.2 Å². The third-order valence-corrected chi connectivity index (χ3v) is 5.18. The monoisotopic (exact) mass is 371 g/mol. The van der Waals surface area contributed by atoms with E-state index in [1.165, 1.54) is 0 Å². The Bertz CT molecular complexity index is 807. The van der Waals surface area contributed by atoms with Gasteiger partial charge in [0.1, 0.15) is 11.6 Å². The molecule has 0 atom stereocenters. The van der Waals surface area contributed by atoms with Gasteiger partial charge in [0.05, 0.1) is 18.9 Å². The topological polar surface area (TPSA) is 84.6 Å². The lowest BCUT2D eigenvalue weighted by Crippen LogP contribution is -2.39. The molecular weight excluding hydrogens is 346 g/mol. The van der Waals surface area contributed by atoms with Crippen LogP contribution in [0.25, 0.3) is 0 Å². The zero-order valence-electron chi connectivity index (χ0n) is 15.8. The van der Waals surface area contributed by atoms with Crippen LogP contribution in [0.2, 0.25) is 0 Å². The Kier molecular flexibility index (Phi) is 5.07. The largest absolute Gasteiger partial charge is 0.378 e. The lowest BCUT2D eigenvalue weighted by atomic mass is 9.95. The Balaban J connectivity index is 1.43. The molecule has 0 aliphatic carbocycles. The van der Waals surface area contributed by atoms with Gasteiger partial charge in [-0.2, -0.15) is 0 Å². The zero-order valence-corrected chi connectivity index (χ0v) is 15.8. The van der Waals surface area contributed by atoms with E-state index in [1.807, 2.05) is 24.8 Å². The van der Waals surface area contributed by atoms with Crippen LogP contribution in [-0.4, -0.2) is 65.3 Å². The number of aromatic nitrogens is 3. The fraction of sp³-hybridized carbons (Fsp3) is 0.579. The number of anilines is 1. The molecule has 8 nitrogen and oxygen atoms in total. The molecule has 2 saturated heterocycles. The van der Waals surface area contributed by atoms with Gasteiger partial charge in [0.2, 0.25) is 5.76 Å². The molecule has 4 heterocycles. The van der Waals surface area contributed by atoms with Gasteiger partial charge in [0.25, 0.3) is 5.91 Å². The smallest absolute Gasteiger partial charge is 0.292 e. The van der Waals surface area contributed by atoms with Gasteiger partial charge in [0.15, 0.2) is 0 Å². The number of likely N-dealkylation sites (tertiary alicyclic amines) is 1. The molecule has 0 aromatic carbocycles. The highest BCUT2D eigenvalue weighted by Crippen LogP contribution is 2.28. The highest BCUT2D eigenvalue weighted by molar-refractivity contribution is 5.91. The third kappa shape index (κ3) is 3.95. The molecule has 2 aliphatic heterocycles. The molecule has 1 amide bonds. The van der Waals surface area contributed by atoms with Crippen LogP contribution < -0.4 is 4.90 Å². The highest BCUT2D eigenvalue weighted by Gasteiger charge is 2.28. The van der Waals surface area contributed by atoms with Crippen LogP contribution in [0.1, 0.15) is 46.5 Å².